The molecular weight excluding hydrogens is 395 g/mol. The molecule has 0 unspecified atom stereocenters. The zero-order valence-corrected chi connectivity index (χ0v) is 16.8. The predicted octanol–water partition coefficient (Wildman–Crippen LogP) is 3.85. The van der Waals surface area contributed by atoms with E-state index in [1.165, 1.54) is 6.07 Å². The van der Waals surface area contributed by atoms with Gasteiger partial charge in [0.1, 0.15) is 6.04 Å². The van der Waals surface area contributed by atoms with E-state index in [4.69, 9.17) is 23.2 Å². The molecular formula is C18H20Cl2N2O3S. The normalized spacial score (nSPS) is 12.5. The number of carbonyl (C=O) groups excluding carboxylic acids is 1. The number of hydrogen-bond acceptors (Lipinski definition) is 3. The van der Waals surface area contributed by atoms with Crippen LogP contribution in [-0.4, -0.2) is 26.6 Å². The van der Waals surface area contributed by atoms with E-state index in [2.05, 4.69) is 5.32 Å². The van der Waals surface area contributed by atoms with Gasteiger partial charge in [-0.25, -0.2) is 8.42 Å². The molecule has 0 aliphatic heterocycles. The number of sulfonamides is 1. The second-order valence-corrected chi connectivity index (χ2v) is 8.54. The second kappa shape index (κ2) is 8.75. The molecule has 8 heteroatoms. The minimum atomic E-state index is -3.68. The van der Waals surface area contributed by atoms with Gasteiger partial charge in [0.05, 0.1) is 11.9 Å². The van der Waals surface area contributed by atoms with Crippen LogP contribution in [0, 0.1) is 0 Å². The maximum Gasteiger partial charge on any atom is 0.244 e. The van der Waals surface area contributed by atoms with E-state index >= 15 is 0 Å². The molecule has 0 aliphatic rings. The lowest BCUT2D eigenvalue weighted by Gasteiger charge is -2.30. The Balaban J connectivity index is 2.23. The van der Waals surface area contributed by atoms with Crippen molar-refractivity contribution in [1.29, 1.82) is 0 Å². The monoisotopic (exact) mass is 414 g/mol. The SMILES string of the molecule is CC[C@@H](C(=O)NCc1ccc(Cl)cc1)N(c1cccc(Cl)c1)S(C)(=O)=O. The molecule has 0 aromatic heterocycles. The second-order valence-electron chi connectivity index (χ2n) is 5.81. The Bertz CT molecular complexity index is 870. The van der Waals surface area contributed by atoms with Crippen LogP contribution in [0.1, 0.15) is 18.9 Å². The van der Waals surface area contributed by atoms with E-state index in [0.29, 0.717) is 22.2 Å². The third-order valence-electron chi connectivity index (χ3n) is 3.77. The largest absolute Gasteiger partial charge is 0.350 e. The minimum Gasteiger partial charge on any atom is -0.350 e. The molecule has 1 amide bonds. The molecule has 1 N–H and O–H groups in total. The summed E-state index contributed by atoms with van der Waals surface area (Å²) in [5, 5.41) is 3.79. The van der Waals surface area contributed by atoms with E-state index in [1.54, 1.807) is 49.4 Å². The van der Waals surface area contributed by atoms with Gasteiger partial charge in [-0.3, -0.25) is 9.10 Å². The maximum absolute atomic E-state index is 12.7. The van der Waals surface area contributed by atoms with Crippen LogP contribution in [0.25, 0.3) is 0 Å². The van der Waals surface area contributed by atoms with Crippen LogP contribution in [-0.2, 0) is 21.4 Å². The Morgan fingerprint density at radius 3 is 2.31 bits per heavy atom. The topological polar surface area (TPSA) is 66.5 Å². The van der Waals surface area contributed by atoms with Crippen molar-refractivity contribution in [3.8, 4) is 0 Å². The van der Waals surface area contributed by atoms with Crippen molar-refractivity contribution in [2.75, 3.05) is 10.6 Å². The van der Waals surface area contributed by atoms with Crippen molar-refractivity contribution in [3.63, 3.8) is 0 Å². The first kappa shape index (κ1) is 20.6. The van der Waals surface area contributed by atoms with Gasteiger partial charge in [0, 0.05) is 16.6 Å². The minimum absolute atomic E-state index is 0.277. The fourth-order valence-electron chi connectivity index (χ4n) is 2.58. The lowest BCUT2D eigenvalue weighted by molar-refractivity contribution is -0.122. The summed E-state index contributed by atoms with van der Waals surface area (Å²) < 4.78 is 25.8. The highest BCUT2D eigenvalue weighted by atomic mass is 35.5. The summed E-state index contributed by atoms with van der Waals surface area (Å²) in [6.07, 6.45) is 1.38. The quantitative estimate of drug-likeness (QED) is 0.747. The lowest BCUT2D eigenvalue weighted by Crippen LogP contribution is -2.49. The third kappa shape index (κ3) is 5.37. The molecule has 0 spiro atoms. The van der Waals surface area contributed by atoms with Crippen LogP contribution in [0.15, 0.2) is 48.5 Å². The summed E-state index contributed by atoms with van der Waals surface area (Å²) in [5.74, 6) is -0.382. The molecule has 0 fully saturated rings. The number of nitrogens with zero attached hydrogens (tertiary/aromatic N) is 1. The summed E-state index contributed by atoms with van der Waals surface area (Å²) in [4.78, 5) is 12.7. The lowest BCUT2D eigenvalue weighted by atomic mass is 10.1. The molecule has 2 rings (SSSR count). The van der Waals surface area contributed by atoms with Crippen LogP contribution in [0.2, 0.25) is 10.0 Å². The maximum atomic E-state index is 12.7. The first-order valence-corrected chi connectivity index (χ1v) is 10.6. The number of halogens is 2. The van der Waals surface area contributed by atoms with Gasteiger partial charge in [-0.2, -0.15) is 0 Å². The molecule has 0 radical (unpaired) electrons. The Kier molecular flexibility index (Phi) is 6.92. The van der Waals surface area contributed by atoms with Gasteiger partial charge < -0.3 is 5.32 Å². The number of nitrogens with one attached hydrogen (secondary N) is 1. The number of rotatable bonds is 7. The van der Waals surface area contributed by atoms with Gasteiger partial charge in [-0.05, 0) is 42.3 Å². The molecule has 0 aliphatic carbocycles. The molecule has 2 aromatic rings. The van der Waals surface area contributed by atoms with Crippen molar-refractivity contribution in [2.24, 2.45) is 0 Å². The highest BCUT2D eigenvalue weighted by Gasteiger charge is 2.31. The first-order chi connectivity index (χ1) is 12.2. The number of anilines is 1. The van der Waals surface area contributed by atoms with Gasteiger partial charge in [-0.1, -0.05) is 48.3 Å². The summed E-state index contributed by atoms with van der Waals surface area (Å²) in [6.45, 7) is 2.04. The number of amides is 1. The third-order valence-corrected chi connectivity index (χ3v) is 5.44. The highest BCUT2D eigenvalue weighted by molar-refractivity contribution is 7.92. The van der Waals surface area contributed by atoms with Gasteiger partial charge in [0.25, 0.3) is 0 Å². The van der Waals surface area contributed by atoms with E-state index in [-0.39, 0.29) is 12.5 Å². The number of carbonyl (C=O) groups is 1. The van der Waals surface area contributed by atoms with Crippen LogP contribution in [0.4, 0.5) is 5.69 Å². The van der Waals surface area contributed by atoms with Crippen molar-refractivity contribution < 1.29 is 13.2 Å². The average Bonchev–Trinajstić information content (AvgIpc) is 2.57. The standard InChI is InChI=1S/C18H20Cl2N2O3S/c1-3-17(18(23)21-12-13-7-9-14(19)10-8-13)22(26(2,24)25)16-6-4-5-15(20)11-16/h4-11,17H,3,12H2,1-2H3,(H,21,23)/t17-/m0/s1. The molecule has 0 heterocycles. The number of benzene rings is 2. The Morgan fingerprint density at radius 2 is 1.77 bits per heavy atom. The molecule has 0 saturated heterocycles. The van der Waals surface area contributed by atoms with Gasteiger partial charge in [-0.15, -0.1) is 0 Å². The summed E-state index contributed by atoms with van der Waals surface area (Å²) in [6, 6.07) is 12.6. The van der Waals surface area contributed by atoms with Crippen molar-refractivity contribution in [3.05, 3.63) is 64.1 Å². The summed E-state index contributed by atoms with van der Waals surface area (Å²) in [7, 11) is -3.68. The smallest absolute Gasteiger partial charge is 0.244 e. The molecule has 140 valence electrons. The zero-order chi connectivity index (χ0) is 19.3. The van der Waals surface area contributed by atoms with Crippen LogP contribution >= 0.6 is 23.2 Å². The molecule has 26 heavy (non-hydrogen) atoms. The Hall–Kier alpha value is -1.76. The van der Waals surface area contributed by atoms with Crippen LogP contribution in [0.3, 0.4) is 0 Å². The van der Waals surface area contributed by atoms with Crippen molar-refractivity contribution >= 4 is 44.8 Å². The van der Waals surface area contributed by atoms with Crippen molar-refractivity contribution in [1.82, 2.24) is 5.32 Å². The molecule has 0 saturated carbocycles. The van der Waals surface area contributed by atoms with E-state index < -0.39 is 16.1 Å². The summed E-state index contributed by atoms with van der Waals surface area (Å²) in [5.41, 5.74) is 1.22. The molecule has 2 aromatic carbocycles. The average molecular weight is 415 g/mol. The Labute approximate surface area is 164 Å². The van der Waals surface area contributed by atoms with E-state index in [9.17, 15) is 13.2 Å². The molecule has 1 atom stereocenters. The van der Waals surface area contributed by atoms with Crippen LogP contribution < -0.4 is 9.62 Å². The highest BCUT2D eigenvalue weighted by Crippen LogP contribution is 2.25. The zero-order valence-electron chi connectivity index (χ0n) is 14.4. The van der Waals surface area contributed by atoms with Crippen LogP contribution in [0.5, 0.6) is 0 Å². The van der Waals surface area contributed by atoms with E-state index in [1.807, 2.05) is 0 Å². The predicted molar refractivity (Wildman–Crippen MR) is 106 cm³/mol. The van der Waals surface area contributed by atoms with Crippen molar-refractivity contribution in [2.45, 2.75) is 25.9 Å². The molecule has 5 nitrogen and oxygen atoms in total. The first-order valence-electron chi connectivity index (χ1n) is 7.99. The van der Waals surface area contributed by atoms with Gasteiger partial charge >= 0.3 is 0 Å². The Morgan fingerprint density at radius 1 is 1.12 bits per heavy atom. The van der Waals surface area contributed by atoms with Gasteiger partial charge in [0.2, 0.25) is 15.9 Å². The van der Waals surface area contributed by atoms with Gasteiger partial charge in [0.15, 0.2) is 0 Å². The summed E-state index contributed by atoms with van der Waals surface area (Å²) >= 11 is 11.8. The van der Waals surface area contributed by atoms with E-state index in [0.717, 1.165) is 16.1 Å². The molecule has 0 bridgehead atoms. The fourth-order valence-corrected chi connectivity index (χ4v) is 4.10. The fraction of sp³-hybridized carbons (Fsp3) is 0.278. The number of hydrogen-bond donors (Lipinski definition) is 1.